The first-order valence-electron chi connectivity index (χ1n) is 6.93. The van der Waals surface area contributed by atoms with E-state index >= 15 is 0 Å². The molecule has 3 heteroatoms. The number of hydrogen-bond donors (Lipinski definition) is 0. The summed E-state index contributed by atoms with van der Waals surface area (Å²) in [6, 6.07) is 2.23. The van der Waals surface area contributed by atoms with E-state index in [0.717, 1.165) is 23.6 Å². The molecule has 1 heterocycles. The molecule has 0 aliphatic heterocycles. The van der Waals surface area contributed by atoms with Gasteiger partial charge in [0.25, 0.3) is 0 Å². The van der Waals surface area contributed by atoms with E-state index in [1.165, 1.54) is 43.2 Å². The fourth-order valence-electron chi connectivity index (χ4n) is 2.94. The molecule has 0 unspecified atom stereocenters. The van der Waals surface area contributed by atoms with Crippen molar-refractivity contribution in [1.29, 1.82) is 0 Å². The Morgan fingerprint density at radius 2 is 2.06 bits per heavy atom. The summed E-state index contributed by atoms with van der Waals surface area (Å²) in [6.07, 6.45) is 9.01. The van der Waals surface area contributed by atoms with Gasteiger partial charge in [0, 0.05) is 25.1 Å². The summed E-state index contributed by atoms with van der Waals surface area (Å²) in [5.74, 6) is 2.01. The lowest BCUT2D eigenvalue weighted by molar-refractivity contribution is 0.361. The van der Waals surface area contributed by atoms with Crippen LogP contribution < -0.4 is 4.90 Å². The zero-order valence-corrected chi connectivity index (χ0v) is 13.0. The number of aryl methyl sites for hydroxylation is 1. The van der Waals surface area contributed by atoms with Crippen LogP contribution in [0.15, 0.2) is 12.3 Å². The van der Waals surface area contributed by atoms with Crippen LogP contribution in [0, 0.1) is 12.8 Å². The van der Waals surface area contributed by atoms with Crippen LogP contribution in [0.3, 0.4) is 0 Å². The summed E-state index contributed by atoms with van der Waals surface area (Å²) >= 11 is 3.48. The van der Waals surface area contributed by atoms with Crippen molar-refractivity contribution in [2.75, 3.05) is 18.5 Å². The number of halogens is 1. The third-order valence-corrected chi connectivity index (χ3v) is 4.53. The largest absolute Gasteiger partial charge is 0.359 e. The first-order chi connectivity index (χ1) is 8.70. The molecule has 1 aliphatic carbocycles. The van der Waals surface area contributed by atoms with Crippen LogP contribution >= 0.6 is 15.9 Å². The Kier molecular flexibility index (Phi) is 5.04. The molecule has 0 atom stereocenters. The lowest BCUT2D eigenvalue weighted by Crippen LogP contribution is -2.28. The molecule has 0 spiro atoms. The number of nitrogens with zero attached hydrogens (tertiary/aromatic N) is 2. The summed E-state index contributed by atoms with van der Waals surface area (Å²) in [4.78, 5) is 6.95. The summed E-state index contributed by atoms with van der Waals surface area (Å²) in [5, 5.41) is 0.882. The molecule has 0 bridgehead atoms. The van der Waals surface area contributed by atoms with Gasteiger partial charge in [-0.3, -0.25) is 0 Å². The van der Waals surface area contributed by atoms with E-state index in [1.807, 2.05) is 6.20 Å². The normalized spacial score (nSPS) is 16.8. The third-order valence-electron chi connectivity index (χ3n) is 3.88. The van der Waals surface area contributed by atoms with E-state index in [9.17, 15) is 0 Å². The van der Waals surface area contributed by atoms with E-state index in [4.69, 9.17) is 0 Å². The average Bonchev–Trinajstić information content (AvgIpc) is 2.39. The minimum atomic E-state index is 0.862. The molecule has 0 amide bonds. The monoisotopic (exact) mass is 310 g/mol. The van der Waals surface area contributed by atoms with Crippen molar-refractivity contribution in [3.05, 3.63) is 23.4 Å². The molecule has 1 aliphatic rings. The quantitative estimate of drug-likeness (QED) is 0.771. The Morgan fingerprint density at radius 3 is 2.67 bits per heavy atom. The maximum atomic E-state index is 4.61. The lowest BCUT2D eigenvalue weighted by atomic mass is 9.89. The van der Waals surface area contributed by atoms with E-state index in [-0.39, 0.29) is 0 Å². The van der Waals surface area contributed by atoms with Gasteiger partial charge in [-0.05, 0) is 36.8 Å². The fraction of sp³-hybridized carbons (Fsp3) is 0.667. The van der Waals surface area contributed by atoms with Crippen LogP contribution in [0.25, 0.3) is 0 Å². The molecule has 18 heavy (non-hydrogen) atoms. The van der Waals surface area contributed by atoms with E-state index in [1.54, 1.807) is 0 Å². The minimum Gasteiger partial charge on any atom is -0.359 e. The van der Waals surface area contributed by atoms with E-state index < -0.39 is 0 Å². The highest BCUT2D eigenvalue weighted by molar-refractivity contribution is 9.08. The predicted octanol–water partition coefficient (Wildman–Crippen LogP) is 4.30. The van der Waals surface area contributed by atoms with Crippen molar-refractivity contribution in [2.45, 2.75) is 44.4 Å². The number of alkyl halides is 1. The first kappa shape index (κ1) is 13.9. The molecular formula is C15H23BrN2. The maximum absolute atomic E-state index is 4.61. The molecule has 2 nitrogen and oxygen atoms in total. The number of hydrogen-bond acceptors (Lipinski definition) is 2. The Labute approximate surface area is 119 Å². The topological polar surface area (TPSA) is 16.1 Å². The molecule has 0 aromatic carbocycles. The number of anilines is 1. The molecule has 1 aromatic heterocycles. The van der Waals surface area contributed by atoms with Crippen molar-refractivity contribution in [2.24, 2.45) is 5.92 Å². The van der Waals surface area contributed by atoms with Crippen LogP contribution in [0.4, 0.5) is 5.82 Å². The number of pyridine rings is 1. The van der Waals surface area contributed by atoms with Gasteiger partial charge in [-0.2, -0.15) is 0 Å². The molecule has 1 fully saturated rings. The van der Waals surface area contributed by atoms with Gasteiger partial charge in [0.1, 0.15) is 5.82 Å². The molecule has 0 N–H and O–H groups in total. The second-order valence-corrected chi connectivity index (χ2v) is 6.06. The average molecular weight is 311 g/mol. The minimum absolute atomic E-state index is 0.862. The fourth-order valence-corrected chi connectivity index (χ4v) is 3.25. The highest BCUT2D eigenvalue weighted by Crippen LogP contribution is 2.26. The Hall–Kier alpha value is -0.570. The first-order valence-corrected chi connectivity index (χ1v) is 8.05. The van der Waals surface area contributed by atoms with Crippen LogP contribution in [-0.2, 0) is 5.33 Å². The van der Waals surface area contributed by atoms with Crippen LogP contribution in [0.1, 0.15) is 43.2 Å². The van der Waals surface area contributed by atoms with Crippen molar-refractivity contribution in [1.82, 2.24) is 4.98 Å². The highest BCUT2D eigenvalue weighted by atomic mass is 79.9. The van der Waals surface area contributed by atoms with E-state index in [2.05, 4.69) is 45.9 Å². The summed E-state index contributed by atoms with van der Waals surface area (Å²) < 4.78 is 0. The van der Waals surface area contributed by atoms with Crippen LogP contribution in [0.2, 0.25) is 0 Å². The van der Waals surface area contributed by atoms with Gasteiger partial charge in [0.15, 0.2) is 0 Å². The SMILES string of the molecule is Cc1cc(CBr)cnc1N(C)CC1CCCCC1. The zero-order valence-electron chi connectivity index (χ0n) is 11.5. The Balaban J connectivity index is 2.01. The van der Waals surface area contributed by atoms with Crippen molar-refractivity contribution in [3.63, 3.8) is 0 Å². The van der Waals surface area contributed by atoms with Crippen molar-refractivity contribution >= 4 is 21.7 Å². The Bertz CT molecular complexity index is 386. The summed E-state index contributed by atoms with van der Waals surface area (Å²) in [5.41, 5.74) is 2.53. The van der Waals surface area contributed by atoms with Gasteiger partial charge in [-0.1, -0.05) is 41.3 Å². The van der Waals surface area contributed by atoms with Gasteiger partial charge >= 0.3 is 0 Å². The second-order valence-electron chi connectivity index (χ2n) is 5.50. The summed E-state index contributed by atoms with van der Waals surface area (Å²) in [7, 11) is 2.18. The smallest absolute Gasteiger partial charge is 0.131 e. The molecule has 2 rings (SSSR count). The highest BCUT2D eigenvalue weighted by Gasteiger charge is 2.17. The van der Waals surface area contributed by atoms with Gasteiger partial charge in [0.2, 0.25) is 0 Å². The summed E-state index contributed by atoms with van der Waals surface area (Å²) in [6.45, 7) is 3.31. The van der Waals surface area contributed by atoms with Gasteiger partial charge < -0.3 is 4.90 Å². The van der Waals surface area contributed by atoms with Gasteiger partial charge in [0.05, 0.1) is 0 Å². The molecule has 100 valence electrons. The van der Waals surface area contributed by atoms with Crippen molar-refractivity contribution in [3.8, 4) is 0 Å². The van der Waals surface area contributed by atoms with Gasteiger partial charge in [-0.25, -0.2) is 4.98 Å². The van der Waals surface area contributed by atoms with Gasteiger partial charge in [-0.15, -0.1) is 0 Å². The Morgan fingerprint density at radius 1 is 1.33 bits per heavy atom. The maximum Gasteiger partial charge on any atom is 0.131 e. The number of rotatable bonds is 4. The van der Waals surface area contributed by atoms with E-state index in [0.29, 0.717) is 0 Å². The van der Waals surface area contributed by atoms with Crippen molar-refractivity contribution < 1.29 is 0 Å². The molecule has 0 radical (unpaired) electrons. The predicted molar refractivity (Wildman–Crippen MR) is 81.5 cm³/mol. The molecule has 1 aromatic rings. The van der Waals surface area contributed by atoms with Crippen LogP contribution in [0.5, 0.6) is 0 Å². The standard InChI is InChI=1S/C15H23BrN2/c1-12-8-14(9-16)10-17-15(12)18(2)11-13-6-4-3-5-7-13/h8,10,13H,3-7,9,11H2,1-2H3. The molecular weight excluding hydrogens is 288 g/mol. The lowest BCUT2D eigenvalue weighted by Gasteiger charge is -2.28. The number of aromatic nitrogens is 1. The molecule has 0 saturated heterocycles. The van der Waals surface area contributed by atoms with Crippen LogP contribution in [-0.4, -0.2) is 18.6 Å². The third kappa shape index (κ3) is 3.47. The second kappa shape index (κ2) is 6.55. The molecule has 1 saturated carbocycles. The zero-order chi connectivity index (χ0) is 13.0.